The first-order valence-corrected chi connectivity index (χ1v) is 4.88. The summed E-state index contributed by atoms with van der Waals surface area (Å²) in [6.45, 7) is 5.44. The van der Waals surface area contributed by atoms with Crippen LogP contribution in [-0.4, -0.2) is 6.04 Å². The summed E-state index contributed by atoms with van der Waals surface area (Å²) in [6.07, 6.45) is -3.93. The maximum atomic E-state index is 12.4. The quantitative estimate of drug-likeness (QED) is 0.791. The van der Waals surface area contributed by atoms with E-state index in [1.165, 1.54) is 6.07 Å². The van der Waals surface area contributed by atoms with Crippen molar-refractivity contribution < 1.29 is 13.2 Å². The molecule has 1 rings (SSSR count). The molecule has 0 aliphatic heterocycles. The number of halogens is 3. The van der Waals surface area contributed by atoms with Crippen molar-refractivity contribution in [3.8, 4) is 0 Å². The Kier molecular flexibility index (Phi) is 3.75. The SMILES string of the molecule is C=C(C)C(N)Cc1cccc(C(F)(F)F)c1. The zero-order valence-electron chi connectivity index (χ0n) is 9.01. The molecule has 1 aromatic rings. The molecular weight excluding hydrogens is 215 g/mol. The summed E-state index contributed by atoms with van der Waals surface area (Å²) < 4.78 is 37.2. The topological polar surface area (TPSA) is 26.0 Å². The third-order valence-electron chi connectivity index (χ3n) is 2.34. The van der Waals surface area contributed by atoms with E-state index in [4.69, 9.17) is 5.73 Å². The Labute approximate surface area is 92.8 Å². The second kappa shape index (κ2) is 4.70. The zero-order valence-corrected chi connectivity index (χ0v) is 9.01. The van der Waals surface area contributed by atoms with E-state index in [0.717, 1.165) is 17.7 Å². The van der Waals surface area contributed by atoms with Crippen LogP contribution in [-0.2, 0) is 12.6 Å². The number of alkyl halides is 3. The Balaban J connectivity index is 2.87. The van der Waals surface area contributed by atoms with E-state index >= 15 is 0 Å². The van der Waals surface area contributed by atoms with Crippen LogP contribution < -0.4 is 5.73 Å². The summed E-state index contributed by atoms with van der Waals surface area (Å²) in [7, 11) is 0. The van der Waals surface area contributed by atoms with Crippen LogP contribution in [0.15, 0.2) is 36.4 Å². The van der Waals surface area contributed by atoms with Gasteiger partial charge in [0.1, 0.15) is 0 Å². The van der Waals surface area contributed by atoms with Crippen LogP contribution in [0.25, 0.3) is 0 Å². The maximum absolute atomic E-state index is 12.4. The van der Waals surface area contributed by atoms with E-state index in [-0.39, 0.29) is 6.04 Å². The van der Waals surface area contributed by atoms with Gasteiger partial charge in [-0.1, -0.05) is 30.4 Å². The van der Waals surface area contributed by atoms with Gasteiger partial charge in [-0.3, -0.25) is 0 Å². The number of nitrogens with two attached hydrogens (primary N) is 1. The Hall–Kier alpha value is -1.29. The van der Waals surface area contributed by atoms with Crippen LogP contribution in [0.2, 0.25) is 0 Å². The minimum atomic E-state index is -4.30. The van der Waals surface area contributed by atoms with Gasteiger partial charge in [-0.25, -0.2) is 0 Å². The highest BCUT2D eigenvalue weighted by Crippen LogP contribution is 2.29. The summed E-state index contributed by atoms with van der Waals surface area (Å²) in [5, 5.41) is 0. The Bertz CT molecular complexity index is 382. The fourth-order valence-corrected chi connectivity index (χ4v) is 1.30. The van der Waals surface area contributed by atoms with Crippen molar-refractivity contribution in [2.45, 2.75) is 25.6 Å². The summed E-state index contributed by atoms with van der Waals surface area (Å²) >= 11 is 0. The van der Waals surface area contributed by atoms with Gasteiger partial charge in [-0.05, 0) is 25.0 Å². The minimum absolute atomic E-state index is 0.302. The van der Waals surface area contributed by atoms with Crippen molar-refractivity contribution in [1.29, 1.82) is 0 Å². The number of hydrogen-bond acceptors (Lipinski definition) is 1. The van der Waals surface area contributed by atoms with Crippen molar-refractivity contribution in [2.24, 2.45) is 5.73 Å². The zero-order chi connectivity index (χ0) is 12.3. The lowest BCUT2D eigenvalue weighted by molar-refractivity contribution is -0.137. The van der Waals surface area contributed by atoms with E-state index < -0.39 is 11.7 Å². The average molecular weight is 229 g/mol. The highest BCUT2D eigenvalue weighted by molar-refractivity contribution is 5.27. The van der Waals surface area contributed by atoms with E-state index in [1.54, 1.807) is 13.0 Å². The van der Waals surface area contributed by atoms with Crippen molar-refractivity contribution in [3.05, 3.63) is 47.5 Å². The first-order chi connectivity index (χ1) is 7.30. The minimum Gasteiger partial charge on any atom is -0.324 e. The van der Waals surface area contributed by atoms with E-state index in [0.29, 0.717) is 12.0 Å². The highest BCUT2D eigenvalue weighted by Gasteiger charge is 2.30. The lowest BCUT2D eigenvalue weighted by Gasteiger charge is -2.13. The lowest BCUT2D eigenvalue weighted by atomic mass is 10.00. The normalized spacial score (nSPS) is 13.6. The lowest BCUT2D eigenvalue weighted by Crippen LogP contribution is -2.23. The molecule has 4 heteroatoms. The summed E-state index contributed by atoms with van der Waals surface area (Å²) in [5.74, 6) is 0. The van der Waals surface area contributed by atoms with Crippen LogP contribution in [0, 0.1) is 0 Å². The molecule has 16 heavy (non-hydrogen) atoms. The predicted molar refractivity (Wildman–Crippen MR) is 57.9 cm³/mol. The number of benzene rings is 1. The Morgan fingerprint density at radius 1 is 1.44 bits per heavy atom. The van der Waals surface area contributed by atoms with Crippen LogP contribution in [0.1, 0.15) is 18.1 Å². The van der Waals surface area contributed by atoms with Crippen LogP contribution in [0.5, 0.6) is 0 Å². The molecule has 1 unspecified atom stereocenters. The van der Waals surface area contributed by atoms with Gasteiger partial charge in [0.2, 0.25) is 0 Å². The van der Waals surface area contributed by atoms with E-state index in [1.807, 2.05) is 0 Å². The van der Waals surface area contributed by atoms with Crippen molar-refractivity contribution in [2.75, 3.05) is 0 Å². The number of rotatable bonds is 3. The van der Waals surface area contributed by atoms with Gasteiger partial charge in [0.05, 0.1) is 5.56 Å². The van der Waals surface area contributed by atoms with Gasteiger partial charge in [0.25, 0.3) is 0 Å². The predicted octanol–water partition coefficient (Wildman–Crippen LogP) is 3.15. The van der Waals surface area contributed by atoms with Crippen LogP contribution >= 0.6 is 0 Å². The van der Waals surface area contributed by atoms with Gasteiger partial charge < -0.3 is 5.73 Å². The average Bonchev–Trinajstić information content (AvgIpc) is 2.16. The van der Waals surface area contributed by atoms with Gasteiger partial charge >= 0.3 is 6.18 Å². The van der Waals surface area contributed by atoms with Crippen molar-refractivity contribution >= 4 is 0 Å². The molecule has 0 aliphatic carbocycles. The molecule has 0 amide bonds. The van der Waals surface area contributed by atoms with Crippen LogP contribution in [0.4, 0.5) is 13.2 Å². The van der Waals surface area contributed by atoms with Gasteiger partial charge in [-0.15, -0.1) is 0 Å². The molecule has 0 saturated carbocycles. The van der Waals surface area contributed by atoms with E-state index in [9.17, 15) is 13.2 Å². The third kappa shape index (κ3) is 3.38. The fourth-order valence-electron chi connectivity index (χ4n) is 1.30. The molecule has 0 saturated heterocycles. The molecular formula is C12H14F3N. The van der Waals surface area contributed by atoms with Gasteiger partial charge in [0.15, 0.2) is 0 Å². The summed E-state index contributed by atoms with van der Waals surface area (Å²) in [6, 6.07) is 4.91. The second-order valence-corrected chi connectivity index (χ2v) is 3.86. The standard InChI is InChI=1S/C12H14F3N/c1-8(2)11(16)7-9-4-3-5-10(6-9)12(13,14)15/h3-6,11H,1,7,16H2,2H3. The van der Waals surface area contributed by atoms with Gasteiger partial charge in [0, 0.05) is 6.04 Å². The van der Waals surface area contributed by atoms with Crippen molar-refractivity contribution in [3.63, 3.8) is 0 Å². The molecule has 0 aromatic heterocycles. The summed E-state index contributed by atoms with van der Waals surface area (Å²) in [5.41, 5.74) is 6.42. The molecule has 88 valence electrons. The number of hydrogen-bond donors (Lipinski definition) is 1. The molecule has 1 aromatic carbocycles. The highest BCUT2D eigenvalue weighted by atomic mass is 19.4. The monoisotopic (exact) mass is 229 g/mol. The third-order valence-corrected chi connectivity index (χ3v) is 2.34. The Morgan fingerprint density at radius 2 is 2.06 bits per heavy atom. The largest absolute Gasteiger partial charge is 0.416 e. The van der Waals surface area contributed by atoms with Crippen molar-refractivity contribution in [1.82, 2.24) is 0 Å². The molecule has 0 spiro atoms. The maximum Gasteiger partial charge on any atom is 0.416 e. The molecule has 0 radical (unpaired) electrons. The molecule has 2 N–H and O–H groups in total. The molecule has 0 fully saturated rings. The fraction of sp³-hybridized carbons (Fsp3) is 0.333. The second-order valence-electron chi connectivity index (χ2n) is 3.86. The molecule has 0 bridgehead atoms. The first-order valence-electron chi connectivity index (χ1n) is 4.88. The molecule has 1 nitrogen and oxygen atoms in total. The molecule has 0 heterocycles. The first kappa shape index (κ1) is 12.8. The Morgan fingerprint density at radius 3 is 2.56 bits per heavy atom. The smallest absolute Gasteiger partial charge is 0.324 e. The van der Waals surface area contributed by atoms with E-state index in [2.05, 4.69) is 6.58 Å². The van der Waals surface area contributed by atoms with Gasteiger partial charge in [-0.2, -0.15) is 13.2 Å². The molecule has 1 atom stereocenters. The van der Waals surface area contributed by atoms with Crippen LogP contribution in [0.3, 0.4) is 0 Å². The molecule has 0 aliphatic rings. The summed E-state index contributed by atoms with van der Waals surface area (Å²) in [4.78, 5) is 0.